The average molecular weight is 409 g/mol. The molecule has 0 aromatic rings. The van der Waals surface area contributed by atoms with Gasteiger partial charge < -0.3 is 0 Å². The number of hydrogen-bond donors (Lipinski definition) is 0. The van der Waals surface area contributed by atoms with E-state index in [9.17, 15) is 0 Å². The summed E-state index contributed by atoms with van der Waals surface area (Å²) >= 11 is -0.875. The Morgan fingerprint density at radius 3 is 0.714 bits per heavy atom. The zero-order valence-corrected chi connectivity index (χ0v) is 23.8. The molecule has 0 N–H and O–H groups in total. The van der Waals surface area contributed by atoms with Gasteiger partial charge in [0.05, 0.1) is 0 Å². The Kier molecular flexibility index (Phi) is 10.9. The van der Waals surface area contributed by atoms with Gasteiger partial charge in [0.15, 0.2) is 0 Å². The largest absolute Gasteiger partial charge is 0.262 e. The molecule has 0 aromatic heterocycles. The molecule has 0 saturated carbocycles. The number of hydrogen-bond acceptors (Lipinski definition) is 0. The van der Waals surface area contributed by atoms with Crippen LogP contribution in [0.5, 0.6) is 0 Å². The van der Waals surface area contributed by atoms with Crippen molar-refractivity contribution in [2.45, 2.75) is 120 Å². The van der Waals surface area contributed by atoms with Gasteiger partial charge in [0.1, 0.15) is 0 Å². The molecule has 0 bridgehead atoms. The van der Waals surface area contributed by atoms with Gasteiger partial charge in [0.25, 0.3) is 14.1 Å². The number of rotatable bonds is 9. The van der Waals surface area contributed by atoms with Crippen molar-refractivity contribution in [2.24, 2.45) is 51.8 Å². The lowest BCUT2D eigenvalue weighted by molar-refractivity contribution is 0.179. The second-order valence-corrected chi connectivity index (χ2v) is 17.4. The quantitative estimate of drug-likeness (QED) is 0.333. The first kappa shape index (κ1) is 28.5. The van der Waals surface area contributed by atoms with Gasteiger partial charge in [-0.05, 0) is 51.8 Å². The molecule has 0 heterocycles. The molecule has 0 radical (unpaired) electrons. The first-order chi connectivity index (χ1) is 12.3. The molecule has 0 spiro atoms. The minimum atomic E-state index is -0.875. The molecule has 0 aliphatic rings. The van der Waals surface area contributed by atoms with Crippen LogP contribution in [0.15, 0.2) is 0 Å². The van der Waals surface area contributed by atoms with Crippen molar-refractivity contribution in [3.63, 3.8) is 0 Å². The Bertz CT molecular complexity index is 358. The molecule has 0 nitrogen and oxygen atoms in total. The summed E-state index contributed by atoms with van der Waals surface area (Å²) < 4.78 is 0. The second kappa shape index (κ2) is 10.7. The van der Waals surface area contributed by atoms with Crippen molar-refractivity contribution in [2.75, 3.05) is 0 Å². The minimum Gasteiger partial charge on any atom is -0.0903 e. The Morgan fingerprint density at radius 1 is 0.429 bits per heavy atom. The van der Waals surface area contributed by atoms with Crippen LogP contribution in [0.1, 0.15) is 104 Å². The van der Waals surface area contributed by atoms with Crippen LogP contribution in [-0.2, 0) is 0 Å². The van der Waals surface area contributed by atoms with E-state index in [1.165, 1.54) is 15.8 Å². The summed E-state index contributed by atoms with van der Waals surface area (Å²) in [6.07, 6.45) is 0. The lowest BCUT2D eigenvalue weighted by Gasteiger charge is -2.42. The van der Waals surface area contributed by atoms with Gasteiger partial charge in [-0.15, -0.1) is 0 Å². The standard InChI is InChI=1S/3C9H19.Al/c3*1-7(2)8(3)9(4,5)6;/h3*7-8H,3H2,1-2,4-6H3;. The average Bonchev–Trinajstić information content (AvgIpc) is 2.40. The molecule has 0 amide bonds. The minimum absolute atomic E-state index is 0.420. The molecule has 168 valence electrons. The third kappa shape index (κ3) is 9.56. The highest BCUT2D eigenvalue weighted by Gasteiger charge is 2.40. The van der Waals surface area contributed by atoms with Crippen molar-refractivity contribution in [1.82, 2.24) is 0 Å². The van der Waals surface area contributed by atoms with Crippen LogP contribution < -0.4 is 0 Å². The molecule has 0 aliphatic carbocycles. The summed E-state index contributed by atoms with van der Waals surface area (Å²) in [5.74, 6) is 4.91. The summed E-state index contributed by atoms with van der Waals surface area (Å²) in [5, 5.41) is 4.58. The lowest BCUT2D eigenvalue weighted by atomic mass is 9.75. The maximum absolute atomic E-state index is 2.48. The molecular weight excluding hydrogens is 351 g/mol. The van der Waals surface area contributed by atoms with E-state index in [0.29, 0.717) is 16.2 Å². The van der Waals surface area contributed by atoms with E-state index in [-0.39, 0.29) is 0 Å². The molecule has 3 atom stereocenters. The van der Waals surface area contributed by atoms with Gasteiger partial charge in [-0.1, -0.05) is 120 Å². The van der Waals surface area contributed by atoms with Crippen LogP contribution in [0, 0.1) is 51.8 Å². The predicted molar refractivity (Wildman–Crippen MR) is 134 cm³/mol. The Labute approximate surface area is 185 Å². The van der Waals surface area contributed by atoms with E-state index >= 15 is 0 Å². The molecule has 28 heavy (non-hydrogen) atoms. The van der Waals surface area contributed by atoms with E-state index in [1.807, 2.05) is 0 Å². The molecule has 0 aromatic carbocycles. The zero-order chi connectivity index (χ0) is 22.7. The van der Waals surface area contributed by atoms with Crippen LogP contribution in [0.4, 0.5) is 0 Å². The fourth-order valence-electron chi connectivity index (χ4n) is 6.24. The van der Waals surface area contributed by atoms with Crippen LogP contribution >= 0.6 is 0 Å². The van der Waals surface area contributed by atoms with E-state index in [1.54, 1.807) is 0 Å². The fourth-order valence-corrected chi connectivity index (χ4v) is 12.7. The normalized spacial score (nSPS) is 17.4. The first-order valence-corrected chi connectivity index (χ1v) is 14.7. The third-order valence-electron chi connectivity index (χ3n) is 7.51. The molecular formula is C27H57Al. The summed E-state index contributed by atoms with van der Waals surface area (Å²) in [6, 6.07) is 0. The van der Waals surface area contributed by atoms with Gasteiger partial charge in [-0.25, -0.2) is 0 Å². The van der Waals surface area contributed by atoms with E-state index < -0.39 is 14.1 Å². The van der Waals surface area contributed by atoms with Crippen molar-refractivity contribution in [3.05, 3.63) is 0 Å². The topological polar surface area (TPSA) is 0 Å². The molecule has 0 rings (SSSR count). The van der Waals surface area contributed by atoms with Gasteiger partial charge in [-0.3, -0.25) is 0 Å². The highest BCUT2D eigenvalue weighted by molar-refractivity contribution is 6.59. The molecule has 0 aliphatic heterocycles. The summed E-state index contributed by atoms with van der Waals surface area (Å²) in [7, 11) is 0. The van der Waals surface area contributed by atoms with Crippen LogP contribution in [0.3, 0.4) is 0 Å². The monoisotopic (exact) mass is 408 g/mol. The Hall–Kier alpha value is 0.532. The van der Waals surface area contributed by atoms with E-state index in [0.717, 1.165) is 35.5 Å². The Morgan fingerprint density at radius 2 is 0.607 bits per heavy atom. The maximum atomic E-state index is 2.48. The fraction of sp³-hybridized carbons (Fsp3) is 1.00. The summed E-state index contributed by atoms with van der Waals surface area (Å²) in [4.78, 5) is 0. The van der Waals surface area contributed by atoms with E-state index in [4.69, 9.17) is 0 Å². The highest BCUT2D eigenvalue weighted by atomic mass is 27.2. The van der Waals surface area contributed by atoms with Crippen molar-refractivity contribution in [1.29, 1.82) is 0 Å². The molecule has 1 heteroatoms. The molecule has 3 unspecified atom stereocenters. The molecule has 0 saturated heterocycles. The Balaban J connectivity index is 5.88. The zero-order valence-electron chi connectivity index (χ0n) is 22.7. The van der Waals surface area contributed by atoms with Crippen LogP contribution in [-0.4, -0.2) is 14.1 Å². The summed E-state index contributed by atoms with van der Waals surface area (Å²) in [5.41, 5.74) is 1.26. The smallest absolute Gasteiger partial charge is 0.0903 e. The summed E-state index contributed by atoms with van der Waals surface area (Å²) in [6.45, 7) is 37.1. The second-order valence-electron chi connectivity index (χ2n) is 14.2. The van der Waals surface area contributed by atoms with E-state index in [2.05, 4.69) is 104 Å². The van der Waals surface area contributed by atoms with Gasteiger partial charge in [0.2, 0.25) is 0 Å². The van der Waals surface area contributed by atoms with Crippen molar-refractivity contribution < 1.29 is 0 Å². The van der Waals surface area contributed by atoms with Crippen molar-refractivity contribution >= 4 is 14.1 Å². The van der Waals surface area contributed by atoms with Gasteiger partial charge in [0, 0.05) is 0 Å². The maximum Gasteiger partial charge on any atom is 0.262 e. The van der Waals surface area contributed by atoms with Crippen LogP contribution in [0.2, 0.25) is 15.8 Å². The van der Waals surface area contributed by atoms with Gasteiger partial charge in [-0.2, -0.15) is 0 Å². The molecule has 0 fully saturated rings. The van der Waals surface area contributed by atoms with Crippen LogP contribution in [0.25, 0.3) is 0 Å². The lowest BCUT2D eigenvalue weighted by Crippen LogP contribution is -2.38. The first-order valence-electron chi connectivity index (χ1n) is 12.3. The predicted octanol–water partition coefficient (Wildman–Crippen LogP) is 9.44. The van der Waals surface area contributed by atoms with Crippen molar-refractivity contribution in [3.8, 4) is 0 Å². The third-order valence-corrected chi connectivity index (χ3v) is 11.0. The highest BCUT2D eigenvalue weighted by Crippen LogP contribution is 2.44. The van der Waals surface area contributed by atoms with Gasteiger partial charge >= 0.3 is 0 Å². The SMILES string of the molecule is CC(C)C([CH2][Al]([CH2]C(C(C)C)C(C)(C)C)[CH2]C(C(C)C)C(C)(C)C)C(C)(C)C.